The number of amides is 1. The predicted octanol–water partition coefficient (Wildman–Crippen LogP) is 3.58. The summed E-state index contributed by atoms with van der Waals surface area (Å²) < 4.78 is 5.22. The highest BCUT2D eigenvalue weighted by Gasteiger charge is 2.18. The normalized spacial score (nSPS) is 13.0. The number of hydrogen-bond donors (Lipinski definition) is 1. The van der Waals surface area contributed by atoms with E-state index in [2.05, 4.69) is 5.32 Å². The van der Waals surface area contributed by atoms with E-state index in [0.29, 0.717) is 0 Å². The van der Waals surface area contributed by atoms with Crippen LogP contribution in [0.25, 0.3) is 0 Å². The summed E-state index contributed by atoms with van der Waals surface area (Å²) in [5, 5.41) is 2.83. The van der Waals surface area contributed by atoms with Crippen molar-refractivity contribution in [1.29, 1.82) is 0 Å². The highest BCUT2D eigenvalue weighted by molar-refractivity contribution is 5.68. The monoisotopic (exact) mass is 235 g/mol. The van der Waals surface area contributed by atoms with E-state index in [-0.39, 0.29) is 12.1 Å². The summed E-state index contributed by atoms with van der Waals surface area (Å²) in [6.45, 7) is 9.54. The standard InChI is InChI=1S/C14H21NO2/c1-10-8-6-7-9-12(10)11(2)15-13(16)17-14(3,4)5/h6-9,11H,1-5H3,(H,15,16)/t11-/m0/s1. The lowest BCUT2D eigenvalue weighted by molar-refractivity contribution is 0.0508. The molecule has 0 aliphatic carbocycles. The lowest BCUT2D eigenvalue weighted by atomic mass is 10.0. The van der Waals surface area contributed by atoms with Gasteiger partial charge in [0.25, 0.3) is 0 Å². The van der Waals surface area contributed by atoms with E-state index >= 15 is 0 Å². The van der Waals surface area contributed by atoms with Crippen molar-refractivity contribution in [3.8, 4) is 0 Å². The summed E-state index contributed by atoms with van der Waals surface area (Å²) in [7, 11) is 0. The van der Waals surface area contributed by atoms with Gasteiger partial charge in [-0.3, -0.25) is 0 Å². The predicted molar refractivity (Wildman–Crippen MR) is 69.0 cm³/mol. The van der Waals surface area contributed by atoms with Crippen molar-refractivity contribution < 1.29 is 9.53 Å². The first-order valence-electron chi connectivity index (χ1n) is 5.84. The number of alkyl carbamates (subject to hydrolysis) is 1. The zero-order valence-electron chi connectivity index (χ0n) is 11.2. The lowest BCUT2D eigenvalue weighted by Gasteiger charge is -2.22. The number of ether oxygens (including phenoxy) is 1. The minimum absolute atomic E-state index is 0.0500. The molecule has 0 aromatic heterocycles. The molecule has 1 rings (SSSR count). The molecule has 0 radical (unpaired) electrons. The number of carbonyl (C=O) groups is 1. The zero-order valence-corrected chi connectivity index (χ0v) is 11.2. The second kappa shape index (κ2) is 5.21. The fourth-order valence-electron chi connectivity index (χ4n) is 1.63. The summed E-state index contributed by atoms with van der Waals surface area (Å²) in [6.07, 6.45) is -0.381. The third kappa shape index (κ3) is 4.47. The van der Waals surface area contributed by atoms with Crippen LogP contribution in [0.15, 0.2) is 24.3 Å². The second-order valence-corrected chi connectivity index (χ2v) is 5.22. The van der Waals surface area contributed by atoms with Gasteiger partial charge in [-0.25, -0.2) is 4.79 Å². The van der Waals surface area contributed by atoms with Crippen LogP contribution in [-0.2, 0) is 4.74 Å². The average Bonchev–Trinajstić information content (AvgIpc) is 2.14. The molecule has 0 saturated heterocycles. The Balaban J connectivity index is 2.64. The number of aryl methyl sites for hydroxylation is 1. The smallest absolute Gasteiger partial charge is 0.408 e. The van der Waals surface area contributed by atoms with Crippen LogP contribution in [0.1, 0.15) is 44.9 Å². The molecule has 0 spiro atoms. The van der Waals surface area contributed by atoms with Crippen molar-refractivity contribution >= 4 is 6.09 Å². The average molecular weight is 235 g/mol. The highest BCUT2D eigenvalue weighted by Crippen LogP contribution is 2.17. The molecule has 3 nitrogen and oxygen atoms in total. The van der Waals surface area contributed by atoms with Gasteiger partial charge in [-0.1, -0.05) is 24.3 Å². The number of benzene rings is 1. The second-order valence-electron chi connectivity index (χ2n) is 5.22. The van der Waals surface area contributed by atoms with Crippen LogP contribution in [0.3, 0.4) is 0 Å². The Hall–Kier alpha value is -1.51. The van der Waals surface area contributed by atoms with Gasteiger partial charge in [0.2, 0.25) is 0 Å². The van der Waals surface area contributed by atoms with Gasteiger partial charge >= 0.3 is 6.09 Å². The molecule has 3 heteroatoms. The van der Waals surface area contributed by atoms with Crippen molar-refractivity contribution in [2.24, 2.45) is 0 Å². The quantitative estimate of drug-likeness (QED) is 0.850. The zero-order chi connectivity index (χ0) is 13.1. The summed E-state index contributed by atoms with van der Waals surface area (Å²) >= 11 is 0. The van der Waals surface area contributed by atoms with Crippen LogP contribution < -0.4 is 5.32 Å². The molecule has 0 bridgehead atoms. The summed E-state index contributed by atoms with van der Waals surface area (Å²) in [6, 6.07) is 7.94. The Bertz CT molecular complexity index is 393. The Labute approximate surface area is 103 Å². The molecule has 0 fully saturated rings. The van der Waals surface area contributed by atoms with Crippen molar-refractivity contribution in [3.05, 3.63) is 35.4 Å². The summed E-state index contributed by atoms with van der Waals surface area (Å²) in [5.41, 5.74) is 1.81. The first-order valence-corrected chi connectivity index (χ1v) is 5.84. The molecule has 1 aromatic rings. The fraction of sp³-hybridized carbons (Fsp3) is 0.500. The molecule has 0 saturated carbocycles. The van der Waals surface area contributed by atoms with Gasteiger partial charge in [-0.15, -0.1) is 0 Å². The van der Waals surface area contributed by atoms with Crippen molar-refractivity contribution in [3.63, 3.8) is 0 Å². The minimum atomic E-state index is -0.463. The Morgan fingerprint density at radius 1 is 1.29 bits per heavy atom. The Kier molecular flexibility index (Phi) is 4.16. The van der Waals surface area contributed by atoms with Crippen LogP contribution in [0.4, 0.5) is 4.79 Å². The molecule has 1 amide bonds. The third-order valence-corrected chi connectivity index (χ3v) is 2.39. The first-order chi connectivity index (χ1) is 7.79. The Morgan fingerprint density at radius 3 is 2.41 bits per heavy atom. The minimum Gasteiger partial charge on any atom is -0.444 e. The van der Waals surface area contributed by atoms with Crippen LogP contribution in [0, 0.1) is 6.92 Å². The molecule has 0 unspecified atom stereocenters. The maximum absolute atomic E-state index is 11.6. The number of carbonyl (C=O) groups excluding carboxylic acids is 1. The SMILES string of the molecule is Cc1ccccc1[C@H](C)NC(=O)OC(C)(C)C. The van der Waals surface area contributed by atoms with Gasteiger partial charge < -0.3 is 10.1 Å². The molecule has 0 heterocycles. The molecule has 17 heavy (non-hydrogen) atoms. The molecule has 1 atom stereocenters. The molecule has 0 aliphatic heterocycles. The van der Waals surface area contributed by atoms with Crippen LogP contribution in [0.2, 0.25) is 0 Å². The molecular weight excluding hydrogens is 214 g/mol. The maximum atomic E-state index is 11.6. The van der Waals surface area contributed by atoms with Crippen LogP contribution >= 0.6 is 0 Å². The molecule has 1 N–H and O–H groups in total. The molecule has 0 aliphatic rings. The van der Waals surface area contributed by atoms with Crippen molar-refractivity contribution in [1.82, 2.24) is 5.32 Å². The van der Waals surface area contributed by atoms with E-state index in [1.54, 1.807) is 0 Å². The number of nitrogens with one attached hydrogen (secondary N) is 1. The van der Waals surface area contributed by atoms with Gasteiger partial charge in [-0.05, 0) is 45.7 Å². The van der Waals surface area contributed by atoms with E-state index < -0.39 is 5.60 Å². The number of hydrogen-bond acceptors (Lipinski definition) is 2. The van der Waals surface area contributed by atoms with Crippen LogP contribution in [0.5, 0.6) is 0 Å². The van der Waals surface area contributed by atoms with Gasteiger partial charge in [0.15, 0.2) is 0 Å². The van der Waals surface area contributed by atoms with Gasteiger partial charge in [0.1, 0.15) is 5.60 Å². The van der Waals surface area contributed by atoms with Crippen molar-refractivity contribution in [2.45, 2.75) is 46.3 Å². The lowest BCUT2D eigenvalue weighted by Crippen LogP contribution is -2.34. The third-order valence-electron chi connectivity index (χ3n) is 2.39. The maximum Gasteiger partial charge on any atom is 0.408 e. The highest BCUT2D eigenvalue weighted by atomic mass is 16.6. The van der Waals surface area contributed by atoms with Crippen LogP contribution in [-0.4, -0.2) is 11.7 Å². The largest absolute Gasteiger partial charge is 0.444 e. The molecule has 1 aromatic carbocycles. The van der Waals surface area contributed by atoms with E-state index in [1.165, 1.54) is 0 Å². The topological polar surface area (TPSA) is 38.3 Å². The van der Waals surface area contributed by atoms with Gasteiger partial charge in [0.05, 0.1) is 6.04 Å². The van der Waals surface area contributed by atoms with Gasteiger partial charge in [-0.2, -0.15) is 0 Å². The van der Waals surface area contributed by atoms with E-state index in [1.807, 2.05) is 58.9 Å². The molecular formula is C14H21NO2. The number of rotatable bonds is 2. The van der Waals surface area contributed by atoms with Gasteiger partial charge in [0, 0.05) is 0 Å². The van der Waals surface area contributed by atoms with E-state index in [9.17, 15) is 4.79 Å². The van der Waals surface area contributed by atoms with E-state index in [4.69, 9.17) is 4.74 Å². The first kappa shape index (κ1) is 13.6. The summed E-state index contributed by atoms with van der Waals surface area (Å²) in [5.74, 6) is 0. The summed E-state index contributed by atoms with van der Waals surface area (Å²) in [4.78, 5) is 11.6. The van der Waals surface area contributed by atoms with Crippen molar-refractivity contribution in [2.75, 3.05) is 0 Å². The Morgan fingerprint density at radius 2 is 1.88 bits per heavy atom. The fourth-order valence-corrected chi connectivity index (χ4v) is 1.63. The van der Waals surface area contributed by atoms with E-state index in [0.717, 1.165) is 11.1 Å². The molecule has 94 valence electrons.